The molecule has 3 heterocycles. The predicted octanol–water partition coefficient (Wildman–Crippen LogP) is 5.55. The zero-order valence-corrected chi connectivity index (χ0v) is 20.0. The summed E-state index contributed by atoms with van der Waals surface area (Å²) >= 11 is 0. The number of carbonyl (C=O) groups excluding carboxylic acids is 1. The van der Waals surface area contributed by atoms with Gasteiger partial charge in [-0.05, 0) is 73.6 Å². The Morgan fingerprint density at radius 1 is 1.11 bits per heavy atom. The fourth-order valence-electron chi connectivity index (χ4n) is 5.78. The van der Waals surface area contributed by atoms with E-state index in [1.54, 1.807) is 12.3 Å². The standard InChI is InChI=1S/C29H27N5O2/c30-16-21-9-10-26-27(14-21)34(20-32-26)18-23-6-4-11-29(15-23)19-33(28(35)36-29)17-22-5-3-7-24(13-22)25-8-1-2-12-31-25/h1-3,5,7-10,12-14,20,23H,4,6,11,15,17-19H2/t23?,29-/m0/s1. The molecule has 2 fully saturated rings. The van der Waals surface area contributed by atoms with Gasteiger partial charge in [0.25, 0.3) is 0 Å². The number of nitriles is 1. The largest absolute Gasteiger partial charge is 0.441 e. The molecule has 0 bridgehead atoms. The van der Waals surface area contributed by atoms with E-state index in [9.17, 15) is 10.1 Å². The minimum Gasteiger partial charge on any atom is -0.441 e. The molecule has 36 heavy (non-hydrogen) atoms. The zero-order valence-electron chi connectivity index (χ0n) is 20.0. The summed E-state index contributed by atoms with van der Waals surface area (Å²) < 4.78 is 8.21. The van der Waals surface area contributed by atoms with Crippen LogP contribution in [0.3, 0.4) is 0 Å². The van der Waals surface area contributed by atoms with E-state index in [-0.39, 0.29) is 6.09 Å². The average molecular weight is 478 g/mol. The molecule has 1 saturated heterocycles. The molecule has 0 N–H and O–H groups in total. The van der Waals surface area contributed by atoms with Crippen molar-refractivity contribution >= 4 is 17.1 Å². The Labute approximate surface area is 210 Å². The van der Waals surface area contributed by atoms with Gasteiger partial charge in [0.2, 0.25) is 0 Å². The quantitative estimate of drug-likeness (QED) is 0.376. The lowest BCUT2D eigenvalue weighted by atomic mass is 9.78. The number of nitrogens with zero attached hydrogens (tertiary/aromatic N) is 5. The first-order chi connectivity index (χ1) is 17.6. The number of carbonyl (C=O) groups is 1. The van der Waals surface area contributed by atoms with Crippen LogP contribution in [0.5, 0.6) is 0 Å². The highest BCUT2D eigenvalue weighted by Gasteiger charge is 2.47. The fourth-order valence-corrected chi connectivity index (χ4v) is 5.78. The predicted molar refractivity (Wildman–Crippen MR) is 136 cm³/mol. The van der Waals surface area contributed by atoms with Crippen molar-refractivity contribution in [3.05, 3.63) is 84.3 Å². The number of rotatable bonds is 5. The summed E-state index contributed by atoms with van der Waals surface area (Å²) in [6.07, 6.45) is 7.25. The molecule has 2 atom stereocenters. The van der Waals surface area contributed by atoms with Crippen molar-refractivity contribution in [1.29, 1.82) is 5.26 Å². The first kappa shape index (κ1) is 22.3. The van der Waals surface area contributed by atoms with Crippen molar-refractivity contribution in [1.82, 2.24) is 19.4 Å². The third-order valence-electron chi connectivity index (χ3n) is 7.41. The van der Waals surface area contributed by atoms with Gasteiger partial charge < -0.3 is 9.30 Å². The lowest BCUT2D eigenvalue weighted by Gasteiger charge is -2.36. The van der Waals surface area contributed by atoms with Crippen LogP contribution in [-0.2, 0) is 17.8 Å². The second kappa shape index (κ2) is 9.12. The van der Waals surface area contributed by atoms with Crippen LogP contribution in [-0.4, -0.2) is 37.7 Å². The molecule has 1 unspecified atom stereocenters. The third-order valence-corrected chi connectivity index (χ3v) is 7.41. The summed E-state index contributed by atoms with van der Waals surface area (Å²) in [7, 11) is 0. The number of imidazole rings is 1. The summed E-state index contributed by atoms with van der Waals surface area (Å²) in [5.74, 6) is 0.377. The molecule has 1 aliphatic carbocycles. The van der Waals surface area contributed by atoms with Crippen LogP contribution < -0.4 is 0 Å². The molecule has 6 rings (SSSR count). The summed E-state index contributed by atoms with van der Waals surface area (Å²) in [6, 6.07) is 21.9. The molecule has 0 radical (unpaired) electrons. The molecule has 1 aliphatic heterocycles. The molecule has 7 heteroatoms. The van der Waals surface area contributed by atoms with Gasteiger partial charge in [-0.3, -0.25) is 9.88 Å². The molecule has 2 aromatic carbocycles. The highest BCUT2D eigenvalue weighted by atomic mass is 16.6. The topological polar surface area (TPSA) is 84.0 Å². The van der Waals surface area contributed by atoms with Crippen LogP contribution in [0.1, 0.15) is 36.8 Å². The van der Waals surface area contributed by atoms with E-state index in [0.717, 1.165) is 60.1 Å². The van der Waals surface area contributed by atoms with Crippen LogP contribution in [0.2, 0.25) is 0 Å². The molecule has 2 aromatic heterocycles. The Kier molecular flexibility index (Phi) is 5.65. The van der Waals surface area contributed by atoms with Crippen LogP contribution in [0.25, 0.3) is 22.3 Å². The lowest BCUT2D eigenvalue weighted by Crippen LogP contribution is -2.40. The Bertz CT molecular complexity index is 1460. The van der Waals surface area contributed by atoms with Crippen LogP contribution in [0.15, 0.2) is 73.2 Å². The smallest absolute Gasteiger partial charge is 0.410 e. The van der Waals surface area contributed by atoms with Gasteiger partial charge in [0.05, 0.1) is 41.2 Å². The number of hydrogen-bond donors (Lipinski definition) is 0. The Morgan fingerprint density at radius 2 is 2.06 bits per heavy atom. The number of pyridine rings is 1. The molecule has 1 spiro atoms. The van der Waals surface area contributed by atoms with E-state index >= 15 is 0 Å². The van der Waals surface area contributed by atoms with E-state index < -0.39 is 5.60 Å². The number of fused-ring (bicyclic) bond motifs is 1. The lowest BCUT2D eigenvalue weighted by molar-refractivity contribution is 0.00415. The second-order valence-electron chi connectivity index (χ2n) is 10.00. The van der Waals surface area contributed by atoms with Crippen molar-refractivity contribution in [2.45, 2.75) is 44.4 Å². The first-order valence-corrected chi connectivity index (χ1v) is 12.4. The maximum Gasteiger partial charge on any atom is 0.410 e. The molecular formula is C29H27N5O2. The first-order valence-electron chi connectivity index (χ1n) is 12.4. The highest BCUT2D eigenvalue weighted by Crippen LogP contribution is 2.41. The molecule has 1 saturated carbocycles. The van der Waals surface area contributed by atoms with Crippen molar-refractivity contribution in [2.75, 3.05) is 6.54 Å². The average Bonchev–Trinajstić information content (AvgIpc) is 3.44. The molecule has 4 aromatic rings. The van der Waals surface area contributed by atoms with Gasteiger partial charge in [0, 0.05) is 24.8 Å². The van der Waals surface area contributed by atoms with Gasteiger partial charge in [0.15, 0.2) is 0 Å². The molecule has 180 valence electrons. The summed E-state index contributed by atoms with van der Waals surface area (Å²) in [5, 5.41) is 9.28. The Balaban J connectivity index is 1.16. The number of benzene rings is 2. The summed E-state index contributed by atoms with van der Waals surface area (Å²) in [6.45, 7) is 1.94. The second-order valence-corrected chi connectivity index (χ2v) is 10.00. The van der Waals surface area contributed by atoms with Crippen molar-refractivity contribution in [3.8, 4) is 17.3 Å². The highest BCUT2D eigenvalue weighted by molar-refractivity contribution is 5.77. The van der Waals surface area contributed by atoms with Crippen molar-refractivity contribution in [2.24, 2.45) is 5.92 Å². The van der Waals surface area contributed by atoms with Crippen molar-refractivity contribution in [3.63, 3.8) is 0 Å². The van der Waals surface area contributed by atoms with Crippen LogP contribution in [0.4, 0.5) is 4.79 Å². The van der Waals surface area contributed by atoms with E-state index in [2.05, 4.69) is 26.7 Å². The number of amides is 1. The van der Waals surface area contributed by atoms with Gasteiger partial charge in [-0.1, -0.05) is 24.3 Å². The van der Waals surface area contributed by atoms with Gasteiger partial charge in [-0.25, -0.2) is 9.78 Å². The SMILES string of the molecule is N#Cc1ccc2ncn(CC3CCC[C@]4(C3)CN(Cc3cccc(-c5ccccn5)c3)C(=O)O4)c2c1. The fraction of sp³-hybridized carbons (Fsp3) is 0.310. The maximum absolute atomic E-state index is 12.9. The molecule has 1 amide bonds. The summed E-state index contributed by atoms with van der Waals surface area (Å²) in [5.41, 5.74) is 5.10. The number of aromatic nitrogens is 3. The molecule has 7 nitrogen and oxygen atoms in total. The summed E-state index contributed by atoms with van der Waals surface area (Å²) in [4.78, 5) is 23.7. The number of ether oxygens (including phenoxy) is 1. The minimum absolute atomic E-state index is 0.231. The van der Waals surface area contributed by atoms with Crippen molar-refractivity contribution < 1.29 is 9.53 Å². The van der Waals surface area contributed by atoms with E-state index in [1.165, 1.54) is 0 Å². The molecule has 2 aliphatic rings. The van der Waals surface area contributed by atoms with Gasteiger partial charge in [-0.15, -0.1) is 0 Å². The molecular weight excluding hydrogens is 450 g/mol. The van der Waals surface area contributed by atoms with E-state index in [1.807, 2.05) is 59.8 Å². The van der Waals surface area contributed by atoms with E-state index in [0.29, 0.717) is 24.6 Å². The monoisotopic (exact) mass is 477 g/mol. The van der Waals surface area contributed by atoms with Gasteiger partial charge in [0.1, 0.15) is 5.60 Å². The normalized spacial score (nSPS) is 21.6. The Hall–Kier alpha value is -4.18. The Morgan fingerprint density at radius 3 is 2.92 bits per heavy atom. The van der Waals surface area contributed by atoms with E-state index in [4.69, 9.17) is 4.74 Å². The zero-order chi connectivity index (χ0) is 24.5. The van der Waals surface area contributed by atoms with Crippen LogP contribution >= 0.6 is 0 Å². The van der Waals surface area contributed by atoms with Crippen LogP contribution in [0, 0.1) is 17.2 Å². The number of hydrogen-bond acceptors (Lipinski definition) is 5. The minimum atomic E-state index is -0.438. The third kappa shape index (κ3) is 4.31. The van der Waals surface area contributed by atoms with Gasteiger partial charge in [-0.2, -0.15) is 5.26 Å². The van der Waals surface area contributed by atoms with Gasteiger partial charge >= 0.3 is 6.09 Å². The maximum atomic E-state index is 12.9.